The highest BCUT2D eigenvalue weighted by Crippen LogP contribution is 2.32. The van der Waals surface area contributed by atoms with Crippen molar-refractivity contribution in [3.8, 4) is 5.69 Å². The highest BCUT2D eigenvalue weighted by atomic mass is 35.5. The van der Waals surface area contributed by atoms with Gasteiger partial charge in [0, 0.05) is 33.6 Å². The van der Waals surface area contributed by atoms with Crippen LogP contribution in [0.15, 0.2) is 42.5 Å². The Bertz CT molecular complexity index is 929. The SMILES string of the molecule is Clc1cc(Cl)cc(-n2nc(Cc3ccccc3Cl)c3c2NCCCC3)c1. The zero-order valence-corrected chi connectivity index (χ0v) is 16.4. The van der Waals surface area contributed by atoms with E-state index in [2.05, 4.69) is 5.32 Å². The first-order valence-electron chi connectivity index (χ1n) is 8.66. The van der Waals surface area contributed by atoms with Crippen LogP contribution < -0.4 is 5.32 Å². The Labute approximate surface area is 167 Å². The summed E-state index contributed by atoms with van der Waals surface area (Å²) in [6, 6.07) is 13.4. The second kappa shape index (κ2) is 7.51. The summed E-state index contributed by atoms with van der Waals surface area (Å²) >= 11 is 18.8. The number of benzene rings is 2. The van der Waals surface area contributed by atoms with Gasteiger partial charge in [-0.15, -0.1) is 0 Å². The molecule has 0 spiro atoms. The van der Waals surface area contributed by atoms with Crippen LogP contribution in [0.3, 0.4) is 0 Å². The highest BCUT2D eigenvalue weighted by molar-refractivity contribution is 6.34. The molecule has 0 aliphatic carbocycles. The minimum atomic E-state index is 0.595. The van der Waals surface area contributed by atoms with Gasteiger partial charge in [0.05, 0.1) is 11.4 Å². The zero-order valence-electron chi connectivity index (χ0n) is 14.1. The number of nitrogens with one attached hydrogen (secondary N) is 1. The molecule has 1 aliphatic heterocycles. The van der Waals surface area contributed by atoms with E-state index in [1.54, 1.807) is 6.07 Å². The largest absolute Gasteiger partial charge is 0.370 e. The maximum atomic E-state index is 6.37. The number of rotatable bonds is 3. The van der Waals surface area contributed by atoms with Gasteiger partial charge in [0.2, 0.25) is 0 Å². The standard InChI is InChI=1S/C20H18Cl3N3/c21-14-10-15(22)12-16(11-14)26-20-17(6-3-4-8-24-20)19(25-26)9-13-5-1-2-7-18(13)23/h1-2,5,7,10-12,24H,3-4,6,8-9H2. The molecule has 0 saturated heterocycles. The molecule has 6 heteroatoms. The Balaban J connectivity index is 1.82. The van der Waals surface area contributed by atoms with Gasteiger partial charge in [0.15, 0.2) is 0 Å². The zero-order chi connectivity index (χ0) is 18.1. The van der Waals surface area contributed by atoms with Crippen molar-refractivity contribution in [3.05, 3.63) is 74.4 Å². The molecule has 4 rings (SSSR count). The van der Waals surface area contributed by atoms with Crippen molar-refractivity contribution >= 4 is 40.6 Å². The van der Waals surface area contributed by atoms with Crippen molar-refractivity contribution in [1.82, 2.24) is 9.78 Å². The van der Waals surface area contributed by atoms with Crippen LogP contribution in [-0.2, 0) is 12.8 Å². The third-order valence-electron chi connectivity index (χ3n) is 4.62. The fourth-order valence-corrected chi connectivity index (χ4v) is 4.10. The van der Waals surface area contributed by atoms with Gasteiger partial charge in [-0.05, 0) is 49.1 Å². The molecule has 2 heterocycles. The van der Waals surface area contributed by atoms with Crippen molar-refractivity contribution in [2.24, 2.45) is 0 Å². The maximum Gasteiger partial charge on any atom is 0.133 e. The van der Waals surface area contributed by atoms with Crippen LogP contribution in [0.5, 0.6) is 0 Å². The van der Waals surface area contributed by atoms with Crippen LogP contribution in [0.1, 0.15) is 29.7 Å². The number of hydrogen-bond donors (Lipinski definition) is 1. The van der Waals surface area contributed by atoms with Crippen LogP contribution in [0.2, 0.25) is 15.1 Å². The molecule has 1 aliphatic rings. The predicted octanol–water partition coefficient (Wildman–Crippen LogP) is 6.17. The lowest BCUT2D eigenvalue weighted by Crippen LogP contribution is -2.07. The molecular weight excluding hydrogens is 389 g/mol. The Morgan fingerprint density at radius 2 is 1.77 bits per heavy atom. The lowest BCUT2D eigenvalue weighted by molar-refractivity contribution is 0.767. The van der Waals surface area contributed by atoms with Crippen LogP contribution in [-0.4, -0.2) is 16.3 Å². The number of nitrogens with zero attached hydrogens (tertiary/aromatic N) is 2. The third-order valence-corrected chi connectivity index (χ3v) is 5.43. The van der Waals surface area contributed by atoms with Crippen LogP contribution >= 0.6 is 34.8 Å². The quantitative estimate of drug-likeness (QED) is 0.563. The maximum absolute atomic E-state index is 6.37. The summed E-state index contributed by atoms with van der Waals surface area (Å²) in [6.07, 6.45) is 3.97. The average Bonchev–Trinajstić information content (AvgIpc) is 2.78. The smallest absolute Gasteiger partial charge is 0.133 e. The Hall–Kier alpha value is -1.68. The Morgan fingerprint density at radius 1 is 1.00 bits per heavy atom. The summed E-state index contributed by atoms with van der Waals surface area (Å²) in [5.74, 6) is 1.03. The second-order valence-corrected chi connectivity index (χ2v) is 7.75. The van der Waals surface area contributed by atoms with E-state index in [9.17, 15) is 0 Å². The molecule has 0 amide bonds. The molecule has 0 fully saturated rings. The number of hydrogen-bond acceptors (Lipinski definition) is 2. The molecule has 3 aromatic rings. The number of fused-ring (bicyclic) bond motifs is 1. The minimum Gasteiger partial charge on any atom is -0.370 e. The number of anilines is 1. The fourth-order valence-electron chi connectivity index (χ4n) is 3.39. The summed E-state index contributed by atoms with van der Waals surface area (Å²) in [5.41, 5.74) is 4.23. The van der Waals surface area contributed by atoms with Gasteiger partial charge < -0.3 is 5.32 Å². The molecule has 0 unspecified atom stereocenters. The number of aromatic nitrogens is 2. The summed E-state index contributed by atoms with van der Waals surface area (Å²) in [6.45, 7) is 0.929. The van der Waals surface area contributed by atoms with Gasteiger partial charge >= 0.3 is 0 Å². The molecular formula is C20H18Cl3N3. The average molecular weight is 407 g/mol. The third kappa shape index (κ3) is 3.57. The second-order valence-electron chi connectivity index (χ2n) is 6.47. The van der Waals surface area contributed by atoms with Gasteiger partial charge in [-0.3, -0.25) is 0 Å². The normalized spacial score (nSPS) is 13.8. The van der Waals surface area contributed by atoms with Crippen molar-refractivity contribution in [3.63, 3.8) is 0 Å². The van der Waals surface area contributed by atoms with Crippen LogP contribution in [0.25, 0.3) is 5.69 Å². The van der Waals surface area contributed by atoms with E-state index >= 15 is 0 Å². The number of halogens is 3. The van der Waals surface area contributed by atoms with E-state index in [0.717, 1.165) is 53.6 Å². The highest BCUT2D eigenvalue weighted by Gasteiger charge is 2.21. The van der Waals surface area contributed by atoms with Gasteiger partial charge in [-0.2, -0.15) is 5.10 Å². The van der Waals surface area contributed by atoms with E-state index in [1.165, 1.54) is 5.56 Å². The van der Waals surface area contributed by atoms with Crippen molar-refractivity contribution in [2.45, 2.75) is 25.7 Å². The van der Waals surface area contributed by atoms with Crippen molar-refractivity contribution in [1.29, 1.82) is 0 Å². The predicted molar refractivity (Wildman–Crippen MR) is 109 cm³/mol. The Kier molecular flexibility index (Phi) is 5.12. The molecule has 0 bridgehead atoms. The first kappa shape index (κ1) is 17.7. The van der Waals surface area contributed by atoms with E-state index < -0.39 is 0 Å². The van der Waals surface area contributed by atoms with E-state index in [0.29, 0.717) is 16.5 Å². The van der Waals surface area contributed by atoms with Gasteiger partial charge in [0.25, 0.3) is 0 Å². The summed E-state index contributed by atoms with van der Waals surface area (Å²) in [4.78, 5) is 0. The fraction of sp³-hybridized carbons (Fsp3) is 0.250. The lowest BCUT2D eigenvalue weighted by Gasteiger charge is -2.10. The van der Waals surface area contributed by atoms with Crippen LogP contribution in [0, 0.1) is 0 Å². The molecule has 1 aromatic heterocycles. The Morgan fingerprint density at radius 3 is 2.54 bits per heavy atom. The lowest BCUT2D eigenvalue weighted by atomic mass is 10.0. The monoisotopic (exact) mass is 405 g/mol. The molecule has 134 valence electrons. The topological polar surface area (TPSA) is 29.9 Å². The summed E-state index contributed by atoms with van der Waals surface area (Å²) in [5, 5.41) is 10.4. The summed E-state index contributed by atoms with van der Waals surface area (Å²) in [7, 11) is 0. The molecule has 2 aromatic carbocycles. The van der Waals surface area contributed by atoms with Gasteiger partial charge in [0.1, 0.15) is 5.82 Å². The molecule has 1 N–H and O–H groups in total. The van der Waals surface area contributed by atoms with E-state index in [-0.39, 0.29) is 0 Å². The molecule has 26 heavy (non-hydrogen) atoms. The molecule has 0 radical (unpaired) electrons. The molecule has 3 nitrogen and oxygen atoms in total. The first-order chi connectivity index (χ1) is 12.6. The summed E-state index contributed by atoms with van der Waals surface area (Å²) < 4.78 is 1.92. The molecule has 0 saturated carbocycles. The van der Waals surface area contributed by atoms with Crippen molar-refractivity contribution < 1.29 is 0 Å². The van der Waals surface area contributed by atoms with Gasteiger partial charge in [-0.1, -0.05) is 53.0 Å². The first-order valence-corrected chi connectivity index (χ1v) is 9.80. The molecule has 0 atom stereocenters. The van der Waals surface area contributed by atoms with Crippen molar-refractivity contribution in [2.75, 3.05) is 11.9 Å². The van der Waals surface area contributed by atoms with Gasteiger partial charge in [-0.25, -0.2) is 4.68 Å². The van der Waals surface area contributed by atoms with E-state index in [4.69, 9.17) is 39.9 Å². The minimum absolute atomic E-state index is 0.595. The van der Waals surface area contributed by atoms with Crippen LogP contribution in [0.4, 0.5) is 5.82 Å². The van der Waals surface area contributed by atoms with E-state index in [1.807, 2.05) is 41.1 Å².